The lowest BCUT2D eigenvalue weighted by atomic mass is 9.87. The van der Waals surface area contributed by atoms with E-state index in [1.807, 2.05) is 13.8 Å². The van der Waals surface area contributed by atoms with Crippen molar-refractivity contribution < 1.29 is 14.3 Å². The largest absolute Gasteiger partial charge is 0.481 e. The Morgan fingerprint density at radius 3 is 2.36 bits per heavy atom. The summed E-state index contributed by atoms with van der Waals surface area (Å²) >= 11 is 6.25. The zero-order chi connectivity index (χ0) is 18.3. The molecule has 0 amide bonds. The Kier molecular flexibility index (Phi) is 4.52. The molecule has 6 heteroatoms. The van der Waals surface area contributed by atoms with Gasteiger partial charge in [0.1, 0.15) is 11.0 Å². The Morgan fingerprint density at radius 1 is 1.16 bits per heavy atom. The van der Waals surface area contributed by atoms with Crippen LogP contribution in [0.4, 0.5) is 4.39 Å². The van der Waals surface area contributed by atoms with Crippen LogP contribution in [0.5, 0.6) is 0 Å². The number of fused-ring (bicyclic) bond motifs is 1. The topological polar surface area (TPSA) is 54.6 Å². The number of carboxylic acid groups (broad SMARTS) is 1. The van der Waals surface area contributed by atoms with E-state index in [9.17, 15) is 14.3 Å². The van der Waals surface area contributed by atoms with Crippen LogP contribution in [-0.4, -0.2) is 20.7 Å². The Bertz CT molecular complexity index is 948. The summed E-state index contributed by atoms with van der Waals surface area (Å²) in [5.74, 6) is -2.05. The van der Waals surface area contributed by atoms with Gasteiger partial charge in [0.15, 0.2) is 0 Å². The lowest BCUT2D eigenvalue weighted by Crippen LogP contribution is -2.16. The van der Waals surface area contributed by atoms with E-state index in [1.165, 1.54) is 12.1 Å². The summed E-state index contributed by atoms with van der Waals surface area (Å²) < 4.78 is 15.0. The quantitative estimate of drug-likeness (QED) is 0.703. The van der Waals surface area contributed by atoms with E-state index in [2.05, 4.69) is 5.10 Å². The van der Waals surface area contributed by atoms with Gasteiger partial charge in [0.05, 0.1) is 17.1 Å². The van der Waals surface area contributed by atoms with E-state index in [0.29, 0.717) is 21.9 Å². The molecule has 0 saturated heterocycles. The first-order valence-electron chi connectivity index (χ1n) is 8.01. The van der Waals surface area contributed by atoms with Gasteiger partial charge in [0, 0.05) is 5.56 Å². The zero-order valence-electron chi connectivity index (χ0n) is 14.1. The van der Waals surface area contributed by atoms with Crippen molar-refractivity contribution in [3.8, 4) is 11.1 Å². The molecule has 25 heavy (non-hydrogen) atoms. The normalized spacial score (nSPS) is 12.7. The maximum atomic E-state index is 13.4. The molecular formula is C19H18ClFN2O2. The minimum absolute atomic E-state index is 0.00105. The van der Waals surface area contributed by atoms with Crippen molar-refractivity contribution >= 4 is 23.1 Å². The summed E-state index contributed by atoms with van der Waals surface area (Å²) in [6, 6.07) is 9.54. The number of nitrogens with zero attached hydrogens (tertiary/aromatic N) is 2. The highest BCUT2D eigenvalue weighted by Gasteiger charge is 2.27. The number of aromatic nitrogens is 2. The SMILES string of the molecule is CC(C)c1nn2c(Cl)ccc2c(-c2ccc(F)cc2)c1C(C)C(=O)O. The van der Waals surface area contributed by atoms with Crippen molar-refractivity contribution in [2.45, 2.75) is 32.6 Å². The first-order valence-corrected chi connectivity index (χ1v) is 8.38. The highest BCUT2D eigenvalue weighted by atomic mass is 35.5. The molecule has 0 bridgehead atoms. The van der Waals surface area contributed by atoms with Gasteiger partial charge in [-0.1, -0.05) is 37.6 Å². The first-order chi connectivity index (χ1) is 11.8. The van der Waals surface area contributed by atoms with Gasteiger partial charge in [-0.2, -0.15) is 5.10 Å². The summed E-state index contributed by atoms with van der Waals surface area (Å²) in [5.41, 5.74) is 3.45. The second-order valence-corrected chi connectivity index (χ2v) is 6.74. The van der Waals surface area contributed by atoms with Gasteiger partial charge >= 0.3 is 5.97 Å². The van der Waals surface area contributed by atoms with Gasteiger partial charge in [0.25, 0.3) is 0 Å². The second-order valence-electron chi connectivity index (χ2n) is 6.35. The van der Waals surface area contributed by atoms with Gasteiger partial charge in [-0.3, -0.25) is 4.79 Å². The number of carboxylic acids is 1. The van der Waals surface area contributed by atoms with E-state index in [-0.39, 0.29) is 11.7 Å². The van der Waals surface area contributed by atoms with Crippen LogP contribution in [0.25, 0.3) is 16.6 Å². The van der Waals surface area contributed by atoms with Crippen molar-refractivity contribution in [1.29, 1.82) is 0 Å². The van der Waals surface area contributed by atoms with Gasteiger partial charge in [-0.05, 0) is 48.2 Å². The molecule has 130 valence electrons. The average Bonchev–Trinajstić information content (AvgIpc) is 2.94. The standard InChI is InChI=1S/C19H18ClFN2O2/c1-10(2)18-16(11(3)19(24)25)17(12-4-6-13(21)7-5-12)14-8-9-15(20)23(14)22-18/h4-11H,1-3H3,(H,24,25). The zero-order valence-corrected chi connectivity index (χ0v) is 14.9. The van der Waals surface area contributed by atoms with Crippen LogP contribution in [0.15, 0.2) is 36.4 Å². The number of benzene rings is 1. The molecule has 0 fully saturated rings. The predicted octanol–water partition coefficient (Wildman–Crippen LogP) is 5.11. The Labute approximate surface area is 149 Å². The molecule has 1 unspecified atom stereocenters. The minimum Gasteiger partial charge on any atom is -0.481 e. The van der Waals surface area contributed by atoms with E-state index >= 15 is 0 Å². The third-order valence-electron chi connectivity index (χ3n) is 4.30. The van der Waals surface area contributed by atoms with Gasteiger partial charge in [-0.25, -0.2) is 8.91 Å². The van der Waals surface area contributed by atoms with Crippen LogP contribution >= 0.6 is 11.6 Å². The summed E-state index contributed by atoms with van der Waals surface area (Å²) in [6.45, 7) is 5.55. The maximum absolute atomic E-state index is 13.4. The van der Waals surface area contributed by atoms with Crippen molar-refractivity contribution in [3.05, 3.63) is 58.6 Å². The van der Waals surface area contributed by atoms with E-state index in [0.717, 1.165) is 11.1 Å². The smallest absolute Gasteiger partial charge is 0.310 e. The summed E-state index contributed by atoms with van der Waals surface area (Å²) in [7, 11) is 0. The lowest BCUT2D eigenvalue weighted by molar-refractivity contribution is -0.138. The third kappa shape index (κ3) is 3.00. The Balaban J connectivity index is 2.46. The number of carbonyl (C=O) groups is 1. The van der Waals surface area contributed by atoms with Gasteiger partial charge < -0.3 is 5.11 Å². The average molecular weight is 361 g/mol. The highest BCUT2D eigenvalue weighted by molar-refractivity contribution is 6.30. The first kappa shape index (κ1) is 17.4. The van der Waals surface area contributed by atoms with E-state index in [1.54, 1.807) is 35.7 Å². The molecule has 3 aromatic rings. The highest BCUT2D eigenvalue weighted by Crippen LogP contribution is 2.38. The third-order valence-corrected chi connectivity index (χ3v) is 4.59. The van der Waals surface area contributed by atoms with Crippen LogP contribution in [0.2, 0.25) is 5.15 Å². The van der Waals surface area contributed by atoms with Crippen LogP contribution in [0.1, 0.15) is 43.9 Å². The molecule has 0 radical (unpaired) electrons. The predicted molar refractivity (Wildman–Crippen MR) is 95.7 cm³/mol. The van der Waals surface area contributed by atoms with Crippen LogP contribution in [0.3, 0.4) is 0 Å². The molecule has 0 saturated carbocycles. The van der Waals surface area contributed by atoms with Crippen LogP contribution < -0.4 is 0 Å². The van der Waals surface area contributed by atoms with Gasteiger partial charge in [-0.15, -0.1) is 0 Å². The van der Waals surface area contributed by atoms with Crippen molar-refractivity contribution in [3.63, 3.8) is 0 Å². The fourth-order valence-electron chi connectivity index (χ4n) is 3.03. The number of halogens is 2. The Hall–Kier alpha value is -2.40. The van der Waals surface area contributed by atoms with Gasteiger partial charge in [0.2, 0.25) is 0 Å². The summed E-state index contributed by atoms with van der Waals surface area (Å²) in [6.07, 6.45) is 0. The van der Waals surface area contributed by atoms with Crippen LogP contribution in [-0.2, 0) is 4.79 Å². The minimum atomic E-state index is -0.936. The molecule has 0 aliphatic rings. The number of rotatable bonds is 4. The summed E-state index contributed by atoms with van der Waals surface area (Å²) in [5, 5.41) is 14.6. The molecule has 1 N–H and O–H groups in total. The fraction of sp³-hybridized carbons (Fsp3) is 0.263. The number of aliphatic carboxylic acids is 1. The molecule has 3 rings (SSSR count). The monoisotopic (exact) mass is 360 g/mol. The van der Waals surface area contributed by atoms with E-state index < -0.39 is 11.9 Å². The molecule has 0 aliphatic carbocycles. The van der Waals surface area contributed by atoms with Crippen molar-refractivity contribution in [1.82, 2.24) is 9.61 Å². The lowest BCUT2D eigenvalue weighted by Gasteiger charge is -2.21. The molecule has 0 spiro atoms. The Morgan fingerprint density at radius 2 is 1.80 bits per heavy atom. The molecular weight excluding hydrogens is 343 g/mol. The molecule has 1 atom stereocenters. The fourth-order valence-corrected chi connectivity index (χ4v) is 3.22. The second kappa shape index (κ2) is 6.48. The molecule has 2 heterocycles. The molecule has 0 aliphatic heterocycles. The maximum Gasteiger partial charge on any atom is 0.310 e. The molecule has 4 nitrogen and oxygen atoms in total. The molecule has 2 aromatic heterocycles. The number of hydrogen-bond donors (Lipinski definition) is 1. The summed E-state index contributed by atoms with van der Waals surface area (Å²) in [4.78, 5) is 11.7. The van der Waals surface area contributed by atoms with E-state index in [4.69, 9.17) is 11.6 Å². The molecule has 1 aromatic carbocycles. The van der Waals surface area contributed by atoms with Crippen molar-refractivity contribution in [2.75, 3.05) is 0 Å². The number of hydrogen-bond acceptors (Lipinski definition) is 2. The van der Waals surface area contributed by atoms with Crippen LogP contribution in [0, 0.1) is 5.82 Å². The van der Waals surface area contributed by atoms with Crippen molar-refractivity contribution in [2.24, 2.45) is 0 Å².